The quantitative estimate of drug-likeness (QED) is 0.737. The molecule has 5 heteroatoms. The second kappa shape index (κ2) is 5.75. The Morgan fingerprint density at radius 1 is 1.00 bits per heavy atom. The molecule has 106 valence electrons. The molecule has 3 rings (SSSR count). The van der Waals surface area contributed by atoms with Crippen LogP contribution < -0.4 is 4.74 Å². The number of nitrogens with zero attached hydrogens (tertiary/aromatic N) is 4. The molecular formula is C16H16N4O. The molecule has 0 aliphatic rings. The lowest BCUT2D eigenvalue weighted by atomic mass is 10.1. The average Bonchev–Trinajstić information content (AvgIpc) is 2.99. The molecule has 0 fully saturated rings. The zero-order valence-electron chi connectivity index (χ0n) is 12.0. The summed E-state index contributed by atoms with van der Waals surface area (Å²) in [5.74, 6) is 0.825. The minimum Gasteiger partial charge on any atom is -0.489 e. The normalized spacial score (nSPS) is 10.6. The van der Waals surface area contributed by atoms with E-state index in [0.717, 1.165) is 11.4 Å². The van der Waals surface area contributed by atoms with Gasteiger partial charge >= 0.3 is 0 Å². The van der Waals surface area contributed by atoms with E-state index >= 15 is 0 Å². The van der Waals surface area contributed by atoms with Crippen molar-refractivity contribution in [3.05, 3.63) is 65.5 Å². The van der Waals surface area contributed by atoms with Gasteiger partial charge in [0.25, 0.3) is 0 Å². The fourth-order valence-corrected chi connectivity index (χ4v) is 2.29. The molecule has 1 heterocycles. The Hall–Kier alpha value is -2.69. The van der Waals surface area contributed by atoms with E-state index in [9.17, 15) is 0 Å². The first kappa shape index (κ1) is 13.3. The minimum absolute atomic E-state index is 0.562. The van der Waals surface area contributed by atoms with Crippen LogP contribution in [0.5, 0.6) is 5.75 Å². The highest BCUT2D eigenvalue weighted by Crippen LogP contribution is 2.17. The maximum Gasteiger partial charge on any atom is 0.143 e. The van der Waals surface area contributed by atoms with Gasteiger partial charge in [0.05, 0.1) is 5.69 Å². The Balaban J connectivity index is 1.68. The van der Waals surface area contributed by atoms with Crippen LogP contribution in [0.15, 0.2) is 48.8 Å². The highest BCUT2D eigenvalue weighted by Gasteiger charge is 2.01. The Bertz CT molecular complexity index is 700. The fraction of sp³-hybridized carbons (Fsp3) is 0.188. The molecular weight excluding hydrogens is 264 g/mol. The molecule has 0 aliphatic carbocycles. The van der Waals surface area contributed by atoms with E-state index in [1.54, 1.807) is 11.0 Å². The summed E-state index contributed by atoms with van der Waals surface area (Å²) in [5.41, 5.74) is 4.58. The summed E-state index contributed by atoms with van der Waals surface area (Å²) < 4.78 is 7.42. The third-order valence-electron chi connectivity index (χ3n) is 3.14. The van der Waals surface area contributed by atoms with Crippen molar-refractivity contribution >= 4 is 0 Å². The van der Waals surface area contributed by atoms with Crippen molar-refractivity contribution in [2.45, 2.75) is 20.5 Å². The molecule has 0 saturated heterocycles. The standard InChI is InChI=1S/C16H16N4O/c1-12-7-13(2)9-14(8-12)10-21-16-5-3-15(4-6-16)20-11-17-18-19-20/h3-9,11H,10H2,1-2H3. The summed E-state index contributed by atoms with van der Waals surface area (Å²) in [6, 6.07) is 14.1. The number of tetrazole rings is 1. The van der Waals surface area contributed by atoms with Crippen LogP contribution in [-0.4, -0.2) is 20.2 Å². The lowest BCUT2D eigenvalue weighted by Crippen LogP contribution is -1.98. The fourth-order valence-electron chi connectivity index (χ4n) is 2.29. The van der Waals surface area contributed by atoms with Crippen LogP contribution in [0.1, 0.15) is 16.7 Å². The van der Waals surface area contributed by atoms with Crippen LogP contribution in [0.4, 0.5) is 0 Å². The largest absolute Gasteiger partial charge is 0.489 e. The molecule has 1 aromatic heterocycles. The molecule has 0 amide bonds. The third kappa shape index (κ3) is 3.25. The number of benzene rings is 2. The third-order valence-corrected chi connectivity index (χ3v) is 3.14. The summed E-state index contributed by atoms with van der Waals surface area (Å²) in [7, 11) is 0. The van der Waals surface area contributed by atoms with Crippen molar-refractivity contribution in [1.82, 2.24) is 20.2 Å². The first-order valence-corrected chi connectivity index (χ1v) is 6.74. The number of aryl methyl sites for hydroxylation is 2. The smallest absolute Gasteiger partial charge is 0.143 e. The van der Waals surface area contributed by atoms with Crippen LogP contribution in [0.25, 0.3) is 5.69 Å². The van der Waals surface area contributed by atoms with Gasteiger partial charge in [0.2, 0.25) is 0 Å². The van der Waals surface area contributed by atoms with Crippen molar-refractivity contribution < 1.29 is 4.74 Å². The minimum atomic E-state index is 0.562. The lowest BCUT2D eigenvalue weighted by molar-refractivity contribution is 0.306. The summed E-state index contributed by atoms with van der Waals surface area (Å²) in [6.07, 6.45) is 1.56. The van der Waals surface area contributed by atoms with Crippen molar-refractivity contribution in [2.75, 3.05) is 0 Å². The van der Waals surface area contributed by atoms with E-state index in [0.29, 0.717) is 6.61 Å². The second-order valence-corrected chi connectivity index (χ2v) is 5.03. The van der Waals surface area contributed by atoms with Gasteiger partial charge in [-0.25, -0.2) is 4.68 Å². The number of ether oxygens (including phenoxy) is 1. The van der Waals surface area contributed by atoms with Crippen LogP contribution in [-0.2, 0) is 6.61 Å². The van der Waals surface area contributed by atoms with E-state index in [-0.39, 0.29) is 0 Å². The lowest BCUT2D eigenvalue weighted by Gasteiger charge is -2.08. The average molecular weight is 280 g/mol. The van der Waals surface area contributed by atoms with Gasteiger partial charge in [-0.05, 0) is 54.1 Å². The molecule has 0 atom stereocenters. The Kier molecular flexibility index (Phi) is 3.64. The van der Waals surface area contributed by atoms with Gasteiger partial charge in [-0.15, -0.1) is 5.10 Å². The molecule has 5 nitrogen and oxygen atoms in total. The molecule has 2 aromatic carbocycles. The second-order valence-electron chi connectivity index (χ2n) is 5.03. The van der Waals surface area contributed by atoms with E-state index in [2.05, 4.69) is 47.6 Å². The van der Waals surface area contributed by atoms with Gasteiger partial charge < -0.3 is 4.74 Å². The molecule has 0 N–H and O–H groups in total. The first-order chi connectivity index (χ1) is 10.2. The van der Waals surface area contributed by atoms with Crippen LogP contribution in [0, 0.1) is 13.8 Å². The van der Waals surface area contributed by atoms with Gasteiger partial charge in [0.15, 0.2) is 0 Å². The number of hydrogen-bond donors (Lipinski definition) is 0. The van der Waals surface area contributed by atoms with Crippen molar-refractivity contribution in [1.29, 1.82) is 0 Å². The van der Waals surface area contributed by atoms with Gasteiger partial charge in [-0.2, -0.15) is 0 Å². The molecule has 0 aliphatic heterocycles. The zero-order chi connectivity index (χ0) is 14.7. The molecule has 0 radical (unpaired) electrons. The highest BCUT2D eigenvalue weighted by molar-refractivity contribution is 5.36. The Labute approximate surface area is 123 Å². The van der Waals surface area contributed by atoms with Crippen LogP contribution in [0.3, 0.4) is 0 Å². The molecule has 0 bridgehead atoms. The summed E-state index contributed by atoms with van der Waals surface area (Å²) >= 11 is 0. The summed E-state index contributed by atoms with van der Waals surface area (Å²) in [5, 5.41) is 11.1. The number of hydrogen-bond acceptors (Lipinski definition) is 4. The van der Waals surface area contributed by atoms with Gasteiger partial charge in [0.1, 0.15) is 18.7 Å². The van der Waals surface area contributed by atoms with Crippen molar-refractivity contribution in [3.8, 4) is 11.4 Å². The maximum atomic E-state index is 5.81. The predicted molar refractivity (Wildman–Crippen MR) is 79.4 cm³/mol. The van der Waals surface area contributed by atoms with Gasteiger partial charge in [-0.3, -0.25) is 0 Å². The van der Waals surface area contributed by atoms with Gasteiger partial charge in [-0.1, -0.05) is 29.3 Å². The van der Waals surface area contributed by atoms with E-state index in [4.69, 9.17) is 4.74 Å². The van der Waals surface area contributed by atoms with Crippen LogP contribution >= 0.6 is 0 Å². The van der Waals surface area contributed by atoms with Crippen molar-refractivity contribution in [3.63, 3.8) is 0 Å². The Morgan fingerprint density at radius 2 is 1.71 bits per heavy atom. The molecule has 3 aromatic rings. The number of rotatable bonds is 4. The molecule has 0 spiro atoms. The molecule has 21 heavy (non-hydrogen) atoms. The van der Waals surface area contributed by atoms with E-state index in [1.807, 2.05) is 24.3 Å². The van der Waals surface area contributed by atoms with Crippen molar-refractivity contribution in [2.24, 2.45) is 0 Å². The van der Waals surface area contributed by atoms with E-state index in [1.165, 1.54) is 16.7 Å². The van der Waals surface area contributed by atoms with Gasteiger partial charge in [0, 0.05) is 0 Å². The summed E-state index contributed by atoms with van der Waals surface area (Å²) in [6.45, 7) is 4.75. The van der Waals surface area contributed by atoms with Crippen LogP contribution in [0.2, 0.25) is 0 Å². The maximum absolute atomic E-state index is 5.81. The molecule has 0 unspecified atom stereocenters. The number of aromatic nitrogens is 4. The monoisotopic (exact) mass is 280 g/mol. The Morgan fingerprint density at radius 3 is 2.33 bits per heavy atom. The first-order valence-electron chi connectivity index (χ1n) is 6.74. The summed E-state index contributed by atoms with van der Waals surface area (Å²) in [4.78, 5) is 0. The zero-order valence-corrected chi connectivity index (χ0v) is 12.0. The SMILES string of the molecule is Cc1cc(C)cc(COc2ccc(-n3cnnn3)cc2)c1. The molecule has 0 saturated carbocycles. The van der Waals surface area contributed by atoms with E-state index < -0.39 is 0 Å². The highest BCUT2D eigenvalue weighted by atomic mass is 16.5. The predicted octanol–water partition coefficient (Wildman–Crippen LogP) is 2.86. The topological polar surface area (TPSA) is 52.8 Å².